The largest absolute Gasteiger partial charge is 0.497 e. The van der Waals surface area contributed by atoms with Gasteiger partial charge in [0.1, 0.15) is 5.75 Å². The number of amides is 1. The number of hydrogen-bond donors (Lipinski definition) is 2. The molecule has 3 fully saturated rings. The lowest BCUT2D eigenvalue weighted by Gasteiger charge is -2.24. The molecule has 0 bridgehead atoms. The molecule has 7 rings (SSSR count). The molecule has 2 N–H and O–H groups in total. The summed E-state index contributed by atoms with van der Waals surface area (Å²) >= 11 is 1.84. The average molecular weight is 583 g/mol. The normalized spacial score (nSPS) is 17.8. The van der Waals surface area contributed by atoms with Crippen LogP contribution < -0.4 is 15.4 Å². The van der Waals surface area contributed by atoms with E-state index in [0.29, 0.717) is 17.4 Å². The molecule has 7 heteroatoms. The molecule has 1 aliphatic heterocycles. The molecular weight excluding hydrogens is 540 g/mol. The first-order valence-electron chi connectivity index (χ1n) is 15.3. The van der Waals surface area contributed by atoms with E-state index in [1.807, 2.05) is 48.7 Å². The highest BCUT2D eigenvalue weighted by Gasteiger charge is 2.47. The van der Waals surface area contributed by atoms with Crippen LogP contribution in [0.1, 0.15) is 71.3 Å². The van der Waals surface area contributed by atoms with Crippen LogP contribution >= 0.6 is 11.3 Å². The maximum absolute atomic E-state index is 13.5. The van der Waals surface area contributed by atoms with E-state index in [1.165, 1.54) is 54.9 Å². The molecular formula is C35H42N4O2S. The lowest BCUT2D eigenvalue weighted by molar-refractivity contribution is 0.0930. The third kappa shape index (κ3) is 6.38. The number of rotatable bonds is 8. The van der Waals surface area contributed by atoms with E-state index in [-0.39, 0.29) is 11.4 Å². The van der Waals surface area contributed by atoms with Crippen LogP contribution in [-0.4, -0.2) is 49.1 Å². The van der Waals surface area contributed by atoms with Gasteiger partial charge in [-0.15, -0.1) is 11.3 Å². The molecule has 220 valence electrons. The van der Waals surface area contributed by atoms with Gasteiger partial charge in [0.2, 0.25) is 0 Å². The maximum atomic E-state index is 13.5. The third-order valence-electron chi connectivity index (χ3n) is 8.97. The topological polar surface area (TPSA) is 66.5 Å². The summed E-state index contributed by atoms with van der Waals surface area (Å²) in [6.07, 6.45) is 10.4. The predicted octanol–water partition coefficient (Wildman–Crippen LogP) is 7.05. The van der Waals surface area contributed by atoms with Gasteiger partial charge in [-0.2, -0.15) is 0 Å². The van der Waals surface area contributed by atoms with Gasteiger partial charge in [-0.05, 0) is 118 Å². The van der Waals surface area contributed by atoms with E-state index in [1.54, 1.807) is 7.11 Å². The van der Waals surface area contributed by atoms with Crippen molar-refractivity contribution in [2.45, 2.75) is 70.0 Å². The molecule has 0 atom stereocenters. The van der Waals surface area contributed by atoms with Crippen LogP contribution in [0.3, 0.4) is 0 Å². The van der Waals surface area contributed by atoms with Gasteiger partial charge in [0, 0.05) is 39.5 Å². The summed E-state index contributed by atoms with van der Waals surface area (Å²) in [6.45, 7) is 5.53. The van der Waals surface area contributed by atoms with Crippen molar-refractivity contribution in [1.29, 1.82) is 0 Å². The first kappa shape index (κ1) is 28.8. The van der Waals surface area contributed by atoms with Gasteiger partial charge < -0.3 is 20.3 Å². The lowest BCUT2D eigenvalue weighted by atomic mass is 9.95. The highest BCUT2D eigenvalue weighted by Crippen LogP contribution is 2.49. The number of thiophene rings is 1. The number of hydrogen-bond acceptors (Lipinski definition) is 6. The Morgan fingerprint density at radius 1 is 1.07 bits per heavy atom. The van der Waals surface area contributed by atoms with Crippen LogP contribution in [0, 0.1) is 6.92 Å². The van der Waals surface area contributed by atoms with E-state index in [2.05, 4.69) is 52.9 Å². The summed E-state index contributed by atoms with van der Waals surface area (Å²) in [5.41, 5.74) is 4.49. The fourth-order valence-electron chi connectivity index (χ4n) is 6.04. The van der Waals surface area contributed by atoms with Crippen LogP contribution in [0.25, 0.3) is 21.3 Å². The molecule has 2 saturated carbocycles. The first-order chi connectivity index (χ1) is 20.4. The van der Waals surface area contributed by atoms with E-state index >= 15 is 0 Å². The van der Waals surface area contributed by atoms with Gasteiger partial charge in [0.25, 0.3) is 5.91 Å². The maximum Gasteiger partial charge on any atom is 0.252 e. The number of fused-ring (bicyclic) bond motifs is 1. The minimum Gasteiger partial charge on any atom is -0.497 e. The molecule has 2 aromatic carbocycles. The van der Waals surface area contributed by atoms with E-state index in [9.17, 15) is 4.79 Å². The summed E-state index contributed by atoms with van der Waals surface area (Å²) in [5.74, 6) is 0.626. The van der Waals surface area contributed by atoms with Crippen molar-refractivity contribution in [3.8, 4) is 16.2 Å². The van der Waals surface area contributed by atoms with Crippen molar-refractivity contribution in [2.24, 2.45) is 0 Å². The molecule has 2 aliphatic carbocycles. The van der Waals surface area contributed by atoms with Crippen molar-refractivity contribution in [2.75, 3.05) is 27.2 Å². The number of carbonyl (C=O) groups excluding carboxylic acids is 1. The Balaban J connectivity index is 0.000000573. The Hall–Kier alpha value is -3.26. The number of nitrogens with zero attached hydrogens (tertiary/aromatic N) is 2. The van der Waals surface area contributed by atoms with Gasteiger partial charge in [-0.3, -0.25) is 9.78 Å². The molecule has 0 spiro atoms. The van der Waals surface area contributed by atoms with Crippen LogP contribution in [0.5, 0.6) is 5.75 Å². The Morgan fingerprint density at radius 2 is 1.86 bits per heavy atom. The summed E-state index contributed by atoms with van der Waals surface area (Å²) in [5, 5.41) is 8.22. The Labute approximate surface area is 253 Å². The molecule has 6 nitrogen and oxygen atoms in total. The van der Waals surface area contributed by atoms with Gasteiger partial charge >= 0.3 is 0 Å². The molecule has 4 aromatic rings. The first-order valence-corrected chi connectivity index (χ1v) is 16.1. The molecule has 1 saturated heterocycles. The zero-order chi connectivity index (χ0) is 29.1. The monoisotopic (exact) mass is 582 g/mol. The summed E-state index contributed by atoms with van der Waals surface area (Å²) < 4.78 is 5.37. The zero-order valence-corrected chi connectivity index (χ0v) is 25.9. The number of pyridine rings is 1. The molecule has 1 amide bonds. The van der Waals surface area contributed by atoms with E-state index < -0.39 is 0 Å². The van der Waals surface area contributed by atoms with Crippen LogP contribution in [-0.2, 0) is 12.1 Å². The van der Waals surface area contributed by atoms with Gasteiger partial charge in [-0.1, -0.05) is 25.0 Å². The minimum absolute atomic E-state index is 0.0623. The average Bonchev–Trinajstić information content (AvgIpc) is 3.35. The second-order valence-corrected chi connectivity index (χ2v) is 13.3. The fourth-order valence-corrected chi connectivity index (χ4v) is 6.99. The Morgan fingerprint density at radius 3 is 2.55 bits per heavy atom. The molecule has 3 aliphatic rings. The van der Waals surface area contributed by atoms with E-state index in [4.69, 9.17) is 9.72 Å². The lowest BCUT2D eigenvalue weighted by Crippen LogP contribution is -2.35. The Kier molecular flexibility index (Phi) is 8.61. The van der Waals surface area contributed by atoms with Crippen molar-refractivity contribution in [3.63, 3.8) is 0 Å². The summed E-state index contributed by atoms with van der Waals surface area (Å²) in [4.78, 5) is 23.1. The third-order valence-corrected chi connectivity index (χ3v) is 10.1. The van der Waals surface area contributed by atoms with Crippen molar-refractivity contribution >= 4 is 28.1 Å². The number of aromatic nitrogens is 1. The van der Waals surface area contributed by atoms with E-state index in [0.717, 1.165) is 47.0 Å². The predicted molar refractivity (Wildman–Crippen MR) is 172 cm³/mol. The molecule has 0 radical (unpaired) electrons. The summed E-state index contributed by atoms with van der Waals surface area (Å²) in [6, 6.07) is 19.3. The quantitative estimate of drug-likeness (QED) is 0.233. The highest BCUT2D eigenvalue weighted by molar-refractivity contribution is 7.15. The smallest absolute Gasteiger partial charge is 0.252 e. The number of carbonyl (C=O) groups is 1. The molecule has 3 heterocycles. The highest BCUT2D eigenvalue weighted by atomic mass is 32.1. The van der Waals surface area contributed by atoms with Crippen LogP contribution in [0.2, 0.25) is 0 Å². The molecule has 2 aromatic heterocycles. The number of nitrogens with one attached hydrogen (secondary N) is 2. The van der Waals surface area contributed by atoms with Crippen LogP contribution in [0.4, 0.5) is 0 Å². The number of likely N-dealkylation sites (tertiary alicyclic amines) is 1. The number of benzene rings is 2. The van der Waals surface area contributed by atoms with Crippen molar-refractivity contribution in [1.82, 2.24) is 20.5 Å². The standard InChI is InChI=1S/C31H33N3O2S.C4H9N/c1-20-9-10-23(36-2)18-26(20)30(35)34-31(13-14-31)27-16-21(17-28-25(27)8-5-15-32-28)29-12-11-24(37-29)19-33-22-6-3-4-7-22;1-5-3-2-4-5/h5,8-12,15-18,22,33H,3-4,6-7,13-14,19H2,1-2H3,(H,34,35);2-4H2,1H3. The minimum atomic E-state index is -0.381. The number of ether oxygens (including phenoxy) is 1. The zero-order valence-electron chi connectivity index (χ0n) is 25.0. The molecule has 42 heavy (non-hydrogen) atoms. The number of aryl methyl sites for hydroxylation is 1. The van der Waals surface area contributed by atoms with Crippen molar-refractivity contribution < 1.29 is 9.53 Å². The molecule has 0 unspecified atom stereocenters. The van der Waals surface area contributed by atoms with Gasteiger partial charge in [0.05, 0.1) is 18.2 Å². The van der Waals surface area contributed by atoms with Crippen LogP contribution in [0.15, 0.2) is 60.8 Å². The van der Waals surface area contributed by atoms with Gasteiger partial charge in [-0.25, -0.2) is 0 Å². The second-order valence-electron chi connectivity index (χ2n) is 12.1. The summed E-state index contributed by atoms with van der Waals surface area (Å²) in [7, 11) is 3.77. The fraction of sp³-hybridized carbons (Fsp3) is 0.429. The Bertz CT molecular complexity index is 1550. The SMILES string of the molecule is CN1CCC1.COc1ccc(C)c(C(=O)NC2(c3cc(-c4ccc(CNC5CCCC5)s4)cc4ncccc34)CC2)c1. The van der Waals surface area contributed by atoms with Gasteiger partial charge in [0.15, 0.2) is 0 Å². The second kappa shape index (κ2) is 12.5. The number of methoxy groups -OCH3 is 1. The van der Waals surface area contributed by atoms with Crippen molar-refractivity contribution in [3.05, 3.63) is 82.4 Å².